The molecule has 4 rings (SSSR count). The van der Waals surface area contributed by atoms with Gasteiger partial charge in [-0.25, -0.2) is 0 Å². The molecule has 4 N–H and O–H groups in total. The quantitative estimate of drug-likeness (QED) is 0.523. The molecule has 3 aromatic rings. The first-order valence-electron chi connectivity index (χ1n) is 9.90. The molecule has 5 nitrogen and oxygen atoms in total. The molecule has 1 fully saturated rings. The first-order chi connectivity index (χ1) is 14.7. The van der Waals surface area contributed by atoms with Crippen molar-refractivity contribution in [3.05, 3.63) is 95.6 Å². The van der Waals surface area contributed by atoms with Gasteiger partial charge in [0.1, 0.15) is 0 Å². The van der Waals surface area contributed by atoms with E-state index in [4.69, 9.17) is 10.7 Å². The van der Waals surface area contributed by atoms with E-state index < -0.39 is 0 Å². The number of nitrogens with two attached hydrogens (primary N) is 1. The van der Waals surface area contributed by atoms with Crippen molar-refractivity contribution in [2.24, 2.45) is 4.99 Å². The zero-order valence-electron chi connectivity index (χ0n) is 16.5. The van der Waals surface area contributed by atoms with Gasteiger partial charge in [-0.1, -0.05) is 66.4 Å². The van der Waals surface area contributed by atoms with E-state index in [1.807, 2.05) is 42.5 Å². The Bertz CT molecular complexity index is 1030. The molecule has 0 radical (unpaired) electrons. The molecule has 152 valence electrons. The fourth-order valence-electron chi connectivity index (χ4n) is 3.27. The fraction of sp³-hybridized carbons (Fsp3) is 0.167. The molecule has 1 aliphatic heterocycles. The summed E-state index contributed by atoms with van der Waals surface area (Å²) in [6.45, 7) is 0.584. The lowest BCUT2D eigenvalue weighted by atomic mass is 10.1. The average Bonchev–Trinajstić information content (AvgIpc) is 3.22. The number of nitrogens with zero attached hydrogens (tertiary/aromatic N) is 1. The van der Waals surface area contributed by atoms with Crippen molar-refractivity contribution in [2.75, 3.05) is 16.8 Å². The van der Waals surface area contributed by atoms with E-state index in [9.17, 15) is 4.79 Å². The van der Waals surface area contributed by atoms with Gasteiger partial charge in [0.2, 0.25) is 0 Å². The highest BCUT2D eigenvalue weighted by molar-refractivity contribution is 8.14. The maximum atomic E-state index is 12.4. The summed E-state index contributed by atoms with van der Waals surface area (Å²) in [6, 6.07) is 25.7. The van der Waals surface area contributed by atoms with Gasteiger partial charge < -0.3 is 16.4 Å². The molecule has 30 heavy (non-hydrogen) atoms. The smallest absolute Gasteiger partial charge is 0.255 e. The third kappa shape index (κ3) is 5.21. The number of para-hydroxylation sites is 2. The van der Waals surface area contributed by atoms with E-state index in [1.54, 1.807) is 23.9 Å². The SMILES string of the molecule is Nc1ccccc1NC(=O)c1ccc(CN=C2N[C@H](Cc3ccccc3)CS2)cc1. The molecule has 0 aromatic heterocycles. The molecule has 1 atom stereocenters. The first-order valence-corrected chi connectivity index (χ1v) is 10.9. The van der Waals surface area contributed by atoms with E-state index in [2.05, 4.69) is 34.9 Å². The molecule has 1 heterocycles. The predicted molar refractivity (Wildman–Crippen MR) is 126 cm³/mol. The van der Waals surface area contributed by atoms with Crippen LogP contribution in [-0.4, -0.2) is 22.9 Å². The van der Waals surface area contributed by atoms with Crippen molar-refractivity contribution in [1.29, 1.82) is 0 Å². The van der Waals surface area contributed by atoms with Crippen LogP contribution in [0.4, 0.5) is 11.4 Å². The van der Waals surface area contributed by atoms with Crippen molar-refractivity contribution in [1.82, 2.24) is 5.32 Å². The second kappa shape index (κ2) is 9.50. The Labute approximate surface area is 180 Å². The number of amidine groups is 1. The number of rotatable bonds is 6. The second-order valence-electron chi connectivity index (χ2n) is 7.20. The van der Waals surface area contributed by atoms with Crippen LogP contribution >= 0.6 is 11.8 Å². The van der Waals surface area contributed by atoms with Gasteiger partial charge >= 0.3 is 0 Å². The van der Waals surface area contributed by atoms with Crippen molar-refractivity contribution in [3.63, 3.8) is 0 Å². The summed E-state index contributed by atoms with van der Waals surface area (Å²) >= 11 is 1.76. The topological polar surface area (TPSA) is 79.5 Å². The number of carbonyl (C=O) groups is 1. The third-order valence-corrected chi connectivity index (χ3v) is 5.99. The number of carbonyl (C=O) groups excluding carboxylic acids is 1. The highest BCUT2D eigenvalue weighted by Gasteiger charge is 2.20. The normalized spacial score (nSPS) is 16.9. The van der Waals surface area contributed by atoms with Crippen LogP contribution in [0.3, 0.4) is 0 Å². The van der Waals surface area contributed by atoms with Gasteiger partial charge in [-0.2, -0.15) is 0 Å². The summed E-state index contributed by atoms with van der Waals surface area (Å²) in [5.41, 5.74) is 10.0. The van der Waals surface area contributed by atoms with Crippen molar-refractivity contribution >= 4 is 34.2 Å². The average molecular weight is 417 g/mol. The van der Waals surface area contributed by atoms with Crippen molar-refractivity contribution in [3.8, 4) is 0 Å². The van der Waals surface area contributed by atoms with Crippen LogP contribution in [0, 0.1) is 0 Å². The molecule has 0 saturated carbocycles. The van der Waals surface area contributed by atoms with E-state index in [-0.39, 0.29) is 5.91 Å². The van der Waals surface area contributed by atoms with Crippen LogP contribution in [0.2, 0.25) is 0 Å². The maximum absolute atomic E-state index is 12.4. The summed E-state index contributed by atoms with van der Waals surface area (Å²) < 4.78 is 0. The lowest BCUT2D eigenvalue weighted by Gasteiger charge is -2.09. The van der Waals surface area contributed by atoms with Crippen molar-refractivity contribution in [2.45, 2.75) is 19.0 Å². The van der Waals surface area contributed by atoms with E-state index in [0.717, 1.165) is 22.9 Å². The first kappa shape index (κ1) is 20.0. The van der Waals surface area contributed by atoms with Crippen LogP contribution in [0.1, 0.15) is 21.5 Å². The minimum Gasteiger partial charge on any atom is -0.397 e. The zero-order chi connectivity index (χ0) is 20.8. The van der Waals surface area contributed by atoms with Gasteiger partial charge in [-0.15, -0.1) is 0 Å². The van der Waals surface area contributed by atoms with Gasteiger partial charge in [-0.05, 0) is 41.8 Å². The number of thioether (sulfide) groups is 1. The van der Waals surface area contributed by atoms with Gasteiger partial charge in [-0.3, -0.25) is 9.79 Å². The van der Waals surface area contributed by atoms with Gasteiger partial charge in [0, 0.05) is 17.4 Å². The summed E-state index contributed by atoms with van der Waals surface area (Å²) in [7, 11) is 0. The summed E-state index contributed by atoms with van der Waals surface area (Å²) in [6.07, 6.45) is 1.00. The summed E-state index contributed by atoms with van der Waals surface area (Å²) in [5.74, 6) is 0.845. The van der Waals surface area contributed by atoms with E-state index in [1.165, 1.54) is 5.56 Å². The van der Waals surface area contributed by atoms with E-state index >= 15 is 0 Å². The Balaban J connectivity index is 1.30. The van der Waals surface area contributed by atoms with E-state index in [0.29, 0.717) is 29.5 Å². The Morgan fingerprint density at radius 3 is 2.50 bits per heavy atom. The lowest BCUT2D eigenvalue weighted by molar-refractivity contribution is 0.102. The Morgan fingerprint density at radius 1 is 1.00 bits per heavy atom. The van der Waals surface area contributed by atoms with Crippen LogP contribution in [-0.2, 0) is 13.0 Å². The maximum Gasteiger partial charge on any atom is 0.255 e. The molecule has 1 saturated heterocycles. The van der Waals surface area contributed by atoms with Crippen LogP contribution in [0.25, 0.3) is 0 Å². The Hall–Kier alpha value is -3.25. The highest BCUT2D eigenvalue weighted by atomic mass is 32.2. The minimum absolute atomic E-state index is 0.178. The largest absolute Gasteiger partial charge is 0.397 e. The Kier molecular flexibility index (Phi) is 6.35. The number of nitrogen functional groups attached to an aromatic ring is 1. The molecule has 0 spiro atoms. The van der Waals surface area contributed by atoms with Crippen LogP contribution in [0.5, 0.6) is 0 Å². The monoisotopic (exact) mass is 416 g/mol. The second-order valence-corrected chi connectivity index (χ2v) is 8.21. The molecule has 1 amide bonds. The molecular formula is C24H24N4OS. The van der Waals surface area contributed by atoms with Crippen LogP contribution < -0.4 is 16.4 Å². The molecule has 0 aliphatic carbocycles. The number of aliphatic imine (C=N–C) groups is 1. The zero-order valence-corrected chi connectivity index (χ0v) is 17.4. The minimum atomic E-state index is -0.178. The number of hydrogen-bond acceptors (Lipinski definition) is 4. The highest BCUT2D eigenvalue weighted by Crippen LogP contribution is 2.19. The number of amides is 1. The molecule has 0 bridgehead atoms. The number of benzene rings is 3. The Morgan fingerprint density at radius 2 is 1.73 bits per heavy atom. The lowest BCUT2D eigenvalue weighted by Crippen LogP contribution is -2.29. The number of nitrogens with one attached hydrogen (secondary N) is 2. The van der Waals surface area contributed by atoms with Crippen LogP contribution in [0.15, 0.2) is 83.9 Å². The fourth-order valence-corrected chi connectivity index (χ4v) is 4.23. The molecule has 0 unspecified atom stereocenters. The molecule has 3 aromatic carbocycles. The van der Waals surface area contributed by atoms with Gasteiger partial charge in [0.05, 0.1) is 17.9 Å². The molecule has 1 aliphatic rings. The molecule has 6 heteroatoms. The molecular weight excluding hydrogens is 392 g/mol. The number of anilines is 2. The number of hydrogen-bond donors (Lipinski definition) is 3. The van der Waals surface area contributed by atoms with Crippen molar-refractivity contribution < 1.29 is 4.79 Å². The van der Waals surface area contributed by atoms with Gasteiger partial charge in [0.25, 0.3) is 5.91 Å². The predicted octanol–water partition coefficient (Wildman–Crippen LogP) is 4.32. The summed E-state index contributed by atoms with van der Waals surface area (Å²) in [5, 5.41) is 7.34. The standard InChI is InChI=1S/C24H24N4OS/c25-21-8-4-5-9-22(21)28-23(29)19-12-10-18(11-13-19)15-26-24-27-20(16-30-24)14-17-6-2-1-3-7-17/h1-13,20H,14-16,25H2,(H,26,27)(H,28,29)/t20-/m1/s1. The summed E-state index contributed by atoms with van der Waals surface area (Å²) in [4.78, 5) is 17.1. The van der Waals surface area contributed by atoms with Gasteiger partial charge in [0.15, 0.2) is 5.17 Å². The third-order valence-electron chi connectivity index (χ3n) is 4.90.